The van der Waals surface area contributed by atoms with Gasteiger partial charge in [-0.25, -0.2) is 17.6 Å². The highest BCUT2D eigenvalue weighted by Gasteiger charge is 2.29. The third-order valence-electron chi connectivity index (χ3n) is 2.78. The first-order valence-electron chi connectivity index (χ1n) is 6.92. The first-order valence-corrected chi connectivity index (χ1v) is 8.81. The van der Waals surface area contributed by atoms with Gasteiger partial charge >= 0.3 is 6.09 Å². The third kappa shape index (κ3) is 4.86. The van der Waals surface area contributed by atoms with Crippen molar-refractivity contribution in [2.24, 2.45) is 0 Å². The number of terminal acetylenes is 1. The summed E-state index contributed by atoms with van der Waals surface area (Å²) < 4.78 is 48.0. The van der Waals surface area contributed by atoms with Gasteiger partial charge in [0.2, 0.25) is 0 Å². The molecule has 1 amide bonds. The summed E-state index contributed by atoms with van der Waals surface area (Å²) in [5.41, 5.74) is -1.10. The molecular weight excluding hydrogens is 337 g/mol. The fourth-order valence-electron chi connectivity index (χ4n) is 1.83. The number of ether oxygens (including phenoxy) is 2. The van der Waals surface area contributed by atoms with E-state index in [2.05, 4.69) is 5.92 Å². The van der Waals surface area contributed by atoms with Crippen LogP contribution in [0.2, 0.25) is 0 Å². The van der Waals surface area contributed by atoms with Crippen molar-refractivity contribution in [2.75, 3.05) is 24.8 Å². The molecule has 0 N–H and O–H groups in total. The highest BCUT2D eigenvalue weighted by atomic mass is 32.2. The second-order valence-corrected chi connectivity index (χ2v) is 8.01. The minimum absolute atomic E-state index is 0.142. The molecule has 1 aromatic carbocycles. The number of hydrogen-bond acceptors (Lipinski definition) is 5. The van der Waals surface area contributed by atoms with Crippen molar-refractivity contribution in [3.8, 4) is 18.1 Å². The van der Waals surface area contributed by atoms with Crippen molar-refractivity contribution in [1.82, 2.24) is 0 Å². The van der Waals surface area contributed by atoms with Gasteiger partial charge in [-0.2, -0.15) is 0 Å². The van der Waals surface area contributed by atoms with Crippen molar-refractivity contribution in [2.45, 2.75) is 31.3 Å². The van der Waals surface area contributed by atoms with Crippen LogP contribution < -0.4 is 9.64 Å². The number of carbonyl (C=O) groups excluding carboxylic acids is 1. The van der Waals surface area contributed by atoms with Crippen molar-refractivity contribution in [1.29, 1.82) is 0 Å². The van der Waals surface area contributed by atoms with Crippen molar-refractivity contribution in [3.05, 3.63) is 17.9 Å². The number of anilines is 1. The maximum absolute atomic E-state index is 14.5. The van der Waals surface area contributed by atoms with Crippen LogP contribution in [0.1, 0.15) is 20.8 Å². The van der Waals surface area contributed by atoms with E-state index in [1.807, 2.05) is 0 Å². The van der Waals surface area contributed by atoms with Crippen molar-refractivity contribution >= 4 is 21.6 Å². The Balaban J connectivity index is 3.49. The molecule has 0 saturated carbocycles. The Bertz CT molecular complexity index is 775. The maximum Gasteiger partial charge on any atom is 0.415 e. The molecule has 6 nitrogen and oxygen atoms in total. The summed E-state index contributed by atoms with van der Waals surface area (Å²) in [6, 6.07) is 1.93. The first-order chi connectivity index (χ1) is 10.9. The summed E-state index contributed by atoms with van der Waals surface area (Å²) in [6.45, 7) is 4.68. The molecule has 0 aromatic heterocycles. The third-order valence-corrected chi connectivity index (χ3v) is 3.88. The van der Waals surface area contributed by atoms with Gasteiger partial charge in [-0.1, -0.05) is 5.92 Å². The van der Waals surface area contributed by atoms with E-state index in [9.17, 15) is 17.6 Å². The molecule has 0 aliphatic rings. The van der Waals surface area contributed by atoms with Crippen molar-refractivity contribution < 1.29 is 27.1 Å². The smallest absolute Gasteiger partial charge is 0.415 e. The number of benzene rings is 1. The summed E-state index contributed by atoms with van der Waals surface area (Å²) in [7, 11) is -2.43. The summed E-state index contributed by atoms with van der Waals surface area (Å²) >= 11 is 0. The van der Waals surface area contributed by atoms with Crippen LogP contribution in [0.25, 0.3) is 0 Å². The lowest BCUT2D eigenvalue weighted by Crippen LogP contribution is -2.38. The molecule has 0 radical (unpaired) electrons. The van der Waals surface area contributed by atoms with Gasteiger partial charge in [-0.05, 0) is 26.8 Å². The minimum atomic E-state index is -3.66. The van der Waals surface area contributed by atoms with Crippen LogP contribution in [0.4, 0.5) is 14.9 Å². The molecule has 0 saturated heterocycles. The molecule has 0 unspecified atom stereocenters. The molecule has 1 rings (SSSR count). The molecule has 0 aliphatic carbocycles. The fourth-order valence-corrected chi connectivity index (χ4v) is 2.46. The van der Waals surface area contributed by atoms with E-state index in [0.717, 1.165) is 23.3 Å². The van der Waals surface area contributed by atoms with Crippen molar-refractivity contribution in [3.63, 3.8) is 0 Å². The standard InChI is InChI=1S/C16H20FNO5S/c1-7-8-18(15(19)23-16(2,3)4)14-12(17)9-11(24(6,20)21)10-13(14)22-5/h1,9-10H,8H2,2-6H3. The van der Waals surface area contributed by atoms with Crippen LogP contribution in [-0.4, -0.2) is 40.0 Å². The first kappa shape index (κ1) is 19.8. The Kier molecular flexibility index (Phi) is 5.84. The van der Waals surface area contributed by atoms with E-state index in [0.29, 0.717) is 0 Å². The number of nitrogens with zero attached hydrogens (tertiary/aromatic N) is 1. The minimum Gasteiger partial charge on any atom is -0.494 e. The number of hydrogen-bond donors (Lipinski definition) is 0. The van der Waals surface area contributed by atoms with Crippen LogP contribution in [0, 0.1) is 18.2 Å². The normalized spacial score (nSPS) is 11.5. The molecule has 0 bridgehead atoms. The lowest BCUT2D eigenvalue weighted by Gasteiger charge is -2.27. The molecule has 0 spiro atoms. The van der Waals surface area contributed by atoms with E-state index < -0.39 is 27.3 Å². The zero-order chi connectivity index (χ0) is 18.7. The second-order valence-electron chi connectivity index (χ2n) is 6.00. The number of carbonyl (C=O) groups is 1. The molecule has 0 heterocycles. The molecule has 8 heteroatoms. The van der Waals surface area contributed by atoms with Gasteiger partial charge in [0.15, 0.2) is 15.7 Å². The van der Waals surface area contributed by atoms with Gasteiger partial charge in [0.05, 0.1) is 18.6 Å². The van der Waals surface area contributed by atoms with E-state index in [1.54, 1.807) is 20.8 Å². The Morgan fingerprint density at radius 3 is 2.38 bits per heavy atom. The second kappa shape index (κ2) is 7.09. The van der Waals surface area contributed by atoms with Crippen LogP contribution in [-0.2, 0) is 14.6 Å². The molecule has 24 heavy (non-hydrogen) atoms. The predicted molar refractivity (Wildman–Crippen MR) is 88.5 cm³/mol. The molecule has 0 fully saturated rings. The summed E-state index contributed by atoms with van der Waals surface area (Å²) in [6.07, 6.45) is 5.32. The van der Waals surface area contributed by atoms with Crippen LogP contribution in [0.5, 0.6) is 5.75 Å². The molecule has 1 aromatic rings. The maximum atomic E-state index is 14.5. The lowest BCUT2D eigenvalue weighted by molar-refractivity contribution is 0.0583. The average Bonchev–Trinajstić information content (AvgIpc) is 2.41. The topological polar surface area (TPSA) is 72.9 Å². The van der Waals surface area contributed by atoms with Crippen LogP contribution >= 0.6 is 0 Å². The molecule has 132 valence electrons. The van der Waals surface area contributed by atoms with Gasteiger partial charge < -0.3 is 9.47 Å². The quantitative estimate of drug-likeness (QED) is 0.775. The largest absolute Gasteiger partial charge is 0.494 e. The Labute approximate surface area is 141 Å². The number of sulfone groups is 1. The summed E-state index contributed by atoms with van der Waals surface area (Å²) in [4.78, 5) is 12.9. The monoisotopic (exact) mass is 357 g/mol. The zero-order valence-corrected chi connectivity index (χ0v) is 15.0. The van der Waals surface area contributed by atoms with Gasteiger partial charge in [-0.3, -0.25) is 4.90 Å². The van der Waals surface area contributed by atoms with Gasteiger partial charge in [0.1, 0.15) is 17.0 Å². The highest BCUT2D eigenvalue weighted by molar-refractivity contribution is 7.90. The van der Waals surface area contributed by atoms with E-state index in [1.165, 1.54) is 7.11 Å². The number of methoxy groups -OCH3 is 1. The Hall–Kier alpha value is -2.27. The van der Waals surface area contributed by atoms with Crippen LogP contribution in [0.15, 0.2) is 17.0 Å². The zero-order valence-electron chi connectivity index (χ0n) is 14.2. The number of rotatable bonds is 4. The predicted octanol–water partition coefficient (Wildman–Crippen LogP) is 2.61. The lowest BCUT2D eigenvalue weighted by atomic mass is 10.2. The number of amides is 1. The SMILES string of the molecule is C#CCN(C(=O)OC(C)(C)C)c1c(F)cc(S(C)(=O)=O)cc1OC. The summed E-state index contributed by atoms with van der Waals surface area (Å²) in [5, 5.41) is 0. The van der Waals surface area contributed by atoms with Crippen LogP contribution in [0.3, 0.4) is 0 Å². The van der Waals surface area contributed by atoms with E-state index in [4.69, 9.17) is 15.9 Å². The molecular formula is C16H20FNO5S. The van der Waals surface area contributed by atoms with Gasteiger partial charge in [0, 0.05) is 12.3 Å². The molecule has 0 atom stereocenters. The van der Waals surface area contributed by atoms with Gasteiger partial charge in [0.25, 0.3) is 0 Å². The number of halogens is 1. The summed E-state index contributed by atoms with van der Waals surface area (Å²) in [5.74, 6) is 1.14. The molecule has 0 aliphatic heterocycles. The van der Waals surface area contributed by atoms with E-state index >= 15 is 0 Å². The highest BCUT2D eigenvalue weighted by Crippen LogP contribution is 2.35. The van der Waals surface area contributed by atoms with E-state index in [-0.39, 0.29) is 22.9 Å². The Morgan fingerprint density at radius 2 is 1.96 bits per heavy atom. The Morgan fingerprint density at radius 1 is 1.38 bits per heavy atom. The van der Waals surface area contributed by atoms with Gasteiger partial charge in [-0.15, -0.1) is 6.42 Å². The fraction of sp³-hybridized carbons (Fsp3) is 0.438. The average molecular weight is 357 g/mol.